The number of benzene rings is 2. The summed E-state index contributed by atoms with van der Waals surface area (Å²) >= 11 is 1.61. The average Bonchev–Trinajstić information content (AvgIpc) is 2.98. The van der Waals surface area contributed by atoms with E-state index in [1.807, 2.05) is 17.7 Å². The number of anilines is 1. The summed E-state index contributed by atoms with van der Waals surface area (Å²) in [4.78, 5) is 2.46. The highest BCUT2D eigenvalue weighted by Crippen LogP contribution is 2.24. The van der Waals surface area contributed by atoms with Crippen LogP contribution in [0.3, 0.4) is 0 Å². The number of aromatic nitrogens is 1. The van der Waals surface area contributed by atoms with Gasteiger partial charge in [-0.2, -0.15) is 8.96 Å². The number of halogens is 1. The van der Waals surface area contributed by atoms with Crippen LogP contribution in [0.25, 0.3) is 22.4 Å². The van der Waals surface area contributed by atoms with Crippen molar-refractivity contribution in [3.8, 4) is 0 Å². The minimum Gasteiger partial charge on any atom is -0.372 e. The van der Waals surface area contributed by atoms with E-state index in [-0.39, 0.29) is 5.82 Å². The van der Waals surface area contributed by atoms with Crippen LogP contribution in [-0.4, -0.2) is 13.1 Å². The summed E-state index contributed by atoms with van der Waals surface area (Å²) < 4.78 is 16.9. The van der Waals surface area contributed by atoms with Crippen LogP contribution >= 0.6 is 11.3 Å². The van der Waals surface area contributed by atoms with E-state index >= 15 is 0 Å². The Morgan fingerprint density at radius 1 is 1.00 bits per heavy atom. The van der Waals surface area contributed by atoms with E-state index in [9.17, 15) is 4.39 Å². The minimum absolute atomic E-state index is 0.165. The van der Waals surface area contributed by atoms with E-state index in [1.165, 1.54) is 49.7 Å². The maximum atomic E-state index is 14.0. The van der Waals surface area contributed by atoms with E-state index in [1.54, 1.807) is 17.4 Å². The number of thiazole rings is 1. The van der Waals surface area contributed by atoms with E-state index in [2.05, 4.69) is 41.3 Å². The number of nitrogens with zero attached hydrogens (tertiary/aromatic N) is 2. The first-order valence-electron chi connectivity index (χ1n) is 8.82. The molecule has 128 valence electrons. The van der Waals surface area contributed by atoms with Crippen LogP contribution in [0, 0.1) is 5.82 Å². The first-order chi connectivity index (χ1) is 12.2. The maximum Gasteiger partial charge on any atom is 0.262 e. The zero-order valence-corrected chi connectivity index (χ0v) is 15.2. The maximum absolute atomic E-state index is 14.0. The van der Waals surface area contributed by atoms with E-state index in [0.29, 0.717) is 5.52 Å². The van der Waals surface area contributed by atoms with Gasteiger partial charge in [0, 0.05) is 24.9 Å². The summed E-state index contributed by atoms with van der Waals surface area (Å²) in [6.45, 7) is 2.33. The van der Waals surface area contributed by atoms with Gasteiger partial charge in [-0.05, 0) is 55.2 Å². The van der Waals surface area contributed by atoms with Crippen molar-refractivity contribution in [2.24, 2.45) is 7.05 Å². The molecule has 2 aromatic carbocycles. The van der Waals surface area contributed by atoms with Gasteiger partial charge in [0.25, 0.3) is 10.5 Å². The molecule has 0 atom stereocenters. The third kappa shape index (κ3) is 3.31. The van der Waals surface area contributed by atoms with Crippen LogP contribution in [0.5, 0.6) is 0 Å². The van der Waals surface area contributed by atoms with Crippen LogP contribution < -0.4 is 9.47 Å². The van der Waals surface area contributed by atoms with Gasteiger partial charge >= 0.3 is 0 Å². The molecule has 0 unspecified atom stereocenters. The molecular weight excluding hydrogens is 331 g/mol. The fourth-order valence-corrected chi connectivity index (χ4v) is 4.52. The van der Waals surface area contributed by atoms with Crippen molar-refractivity contribution in [1.82, 2.24) is 0 Å². The van der Waals surface area contributed by atoms with E-state index in [4.69, 9.17) is 0 Å². The molecule has 2 nitrogen and oxygen atoms in total. The molecule has 2 heterocycles. The van der Waals surface area contributed by atoms with Crippen molar-refractivity contribution in [2.75, 3.05) is 18.0 Å². The zero-order valence-electron chi connectivity index (χ0n) is 14.4. The Hall–Kier alpha value is -2.20. The lowest BCUT2D eigenvalue weighted by molar-refractivity contribution is -0.643. The normalized spacial score (nSPS) is 15.4. The number of hydrogen-bond donors (Lipinski definition) is 0. The molecule has 0 saturated carbocycles. The molecule has 1 saturated heterocycles. The van der Waals surface area contributed by atoms with Crippen molar-refractivity contribution in [2.45, 2.75) is 19.3 Å². The van der Waals surface area contributed by atoms with Crippen LogP contribution in [-0.2, 0) is 7.05 Å². The molecule has 0 aliphatic carbocycles. The lowest BCUT2D eigenvalue weighted by atomic mass is 10.1. The van der Waals surface area contributed by atoms with Crippen molar-refractivity contribution in [1.29, 1.82) is 0 Å². The van der Waals surface area contributed by atoms with Crippen LogP contribution in [0.4, 0.5) is 10.1 Å². The molecule has 1 fully saturated rings. The minimum atomic E-state index is -0.165. The molecular formula is C21H22FN2S+. The molecule has 4 heteroatoms. The molecule has 25 heavy (non-hydrogen) atoms. The summed E-state index contributed by atoms with van der Waals surface area (Å²) in [6, 6.07) is 14.0. The van der Waals surface area contributed by atoms with Gasteiger partial charge in [0.1, 0.15) is 11.7 Å². The van der Waals surface area contributed by atoms with Crippen molar-refractivity contribution >= 4 is 39.4 Å². The molecule has 3 aromatic rings. The van der Waals surface area contributed by atoms with Crippen LogP contribution in [0.1, 0.15) is 29.8 Å². The highest BCUT2D eigenvalue weighted by Gasteiger charge is 2.18. The average molecular weight is 353 g/mol. The van der Waals surface area contributed by atoms with Crippen LogP contribution in [0.15, 0.2) is 42.5 Å². The number of fused-ring (bicyclic) bond motifs is 1. The summed E-state index contributed by atoms with van der Waals surface area (Å²) in [5.41, 5.74) is 3.15. The summed E-state index contributed by atoms with van der Waals surface area (Å²) in [6.07, 6.45) is 8.11. The van der Waals surface area contributed by atoms with Gasteiger partial charge < -0.3 is 4.90 Å². The highest BCUT2D eigenvalue weighted by molar-refractivity contribution is 7.18. The number of piperidine rings is 1. The smallest absolute Gasteiger partial charge is 0.262 e. The van der Waals surface area contributed by atoms with Crippen molar-refractivity contribution < 1.29 is 8.96 Å². The second-order valence-electron chi connectivity index (χ2n) is 6.56. The first kappa shape index (κ1) is 16.3. The Labute approximate surface area is 151 Å². The van der Waals surface area contributed by atoms with Gasteiger partial charge in [-0.3, -0.25) is 0 Å². The first-order valence-corrected chi connectivity index (χ1v) is 9.64. The third-order valence-corrected chi connectivity index (χ3v) is 6.03. The van der Waals surface area contributed by atoms with Crippen LogP contribution in [0.2, 0.25) is 0 Å². The number of rotatable bonds is 3. The summed E-state index contributed by atoms with van der Waals surface area (Å²) in [5, 5.41) is 1.04. The van der Waals surface area contributed by atoms with E-state index in [0.717, 1.165) is 9.71 Å². The highest BCUT2D eigenvalue weighted by atomic mass is 32.1. The van der Waals surface area contributed by atoms with Gasteiger partial charge in [0.15, 0.2) is 5.82 Å². The van der Waals surface area contributed by atoms with E-state index < -0.39 is 0 Å². The fourth-order valence-electron chi connectivity index (χ4n) is 3.46. The topological polar surface area (TPSA) is 7.12 Å². The number of hydrogen-bond acceptors (Lipinski definition) is 2. The Morgan fingerprint density at radius 2 is 1.76 bits per heavy atom. The molecule has 4 rings (SSSR count). The molecule has 1 aromatic heterocycles. The quantitative estimate of drug-likeness (QED) is 0.599. The number of aryl methyl sites for hydroxylation is 1. The lowest BCUT2D eigenvalue weighted by Gasteiger charge is -2.28. The molecule has 0 bridgehead atoms. The molecule has 0 N–H and O–H groups in total. The monoisotopic (exact) mass is 353 g/mol. The van der Waals surface area contributed by atoms with Gasteiger partial charge in [-0.15, -0.1) is 0 Å². The Bertz CT molecular complexity index is 906. The Balaban J connectivity index is 1.55. The predicted molar refractivity (Wildman–Crippen MR) is 104 cm³/mol. The third-order valence-electron chi connectivity index (χ3n) is 4.86. The second kappa shape index (κ2) is 6.96. The lowest BCUT2D eigenvalue weighted by Crippen LogP contribution is -2.29. The molecule has 1 aliphatic rings. The fraction of sp³-hybridized carbons (Fsp3) is 0.286. The van der Waals surface area contributed by atoms with Gasteiger partial charge in [0.2, 0.25) is 0 Å². The van der Waals surface area contributed by atoms with Gasteiger partial charge in [0.05, 0.1) is 0 Å². The standard InChI is InChI=1S/C21H22FN2S/c1-23-20(25-19-7-5-6-18(22)21(19)23)13-10-16-8-11-17(12-9-16)24-14-3-2-4-15-24/h5-13H,2-4,14-15H2,1H3/q+1. The predicted octanol–water partition coefficient (Wildman–Crippen LogP) is 5.03. The summed E-state index contributed by atoms with van der Waals surface area (Å²) in [7, 11) is 1.92. The van der Waals surface area contributed by atoms with Crippen molar-refractivity contribution in [3.05, 3.63) is 58.9 Å². The zero-order chi connectivity index (χ0) is 17.2. The SMILES string of the molecule is C[n+]1c(C=Cc2ccc(N3CCCCC3)cc2)sc2cccc(F)c21. The summed E-state index contributed by atoms with van der Waals surface area (Å²) in [5.74, 6) is -0.165. The van der Waals surface area contributed by atoms with Gasteiger partial charge in [-0.25, -0.2) is 0 Å². The molecule has 0 radical (unpaired) electrons. The molecule has 0 amide bonds. The second-order valence-corrected chi connectivity index (χ2v) is 7.62. The van der Waals surface area contributed by atoms with Gasteiger partial charge in [-0.1, -0.05) is 29.5 Å². The Morgan fingerprint density at radius 3 is 2.48 bits per heavy atom. The number of para-hydroxylation sites is 1. The Kier molecular flexibility index (Phi) is 4.53. The molecule has 0 spiro atoms. The largest absolute Gasteiger partial charge is 0.372 e. The molecule has 1 aliphatic heterocycles. The van der Waals surface area contributed by atoms with Crippen molar-refractivity contribution in [3.63, 3.8) is 0 Å².